The Morgan fingerprint density at radius 3 is 2.78 bits per heavy atom. The van der Waals surface area contributed by atoms with Gasteiger partial charge in [-0.05, 0) is 30.3 Å². The molecule has 4 N–H and O–H groups in total. The van der Waals surface area contributed by atoms with Gasteiger partial charge in [-0.15, -0.1) is 11.3 Å². The standard InChI is InChI=1S/C17H15N5S/c18-17(19)10-5-6-11-13(9-10)21-15(20-11)7-8-16-22-12-3-1-2-4-14(12)23-16/h1-6,9H,7-8H2,(H3,18,19)(H,20,21). The summed E-state index contributed by atoms with van der Waals surface area (Å²) in [5.74, 6) is 0.998. The van der Waals surface area contributed by atoms with Crippen LogP contribution in [0.3, 0.4) is 0 Å². The lowest BCUT2D eigenvalue weighted by atomic mass is 10.2. The van der Waals surface area contributed by atoms with Crippen molar-refractivity contribution in [1.29, 1.82) is 5.41 Å². The molecular weight excluding hydrogens is 306 g/mol. The van der Waals surface area contributed by atoms with Gasteiger partial charge in [0.15, 0.2) is 0 Å². The molecule has 2 aromatic carbocycles. The van der Waals surface area contributed by atoms with Crippen molar-refractivity contribution in [2.24, 2.45) is 5.73 Å². The van der Waals surface area contributed by atoms with Gasteiger partial charge in [-0.2, -0.15) is 0 Å². The summed E-state index contributed by atoms with van der Waals surface area (Å²) in [5.41, 5.74) is 9.10. The molecule has 0 saturated heterocycles. The van der Waals surface area contributed by atoms with Crippen LogP contribution in [0, 0.1) is 5.41 Å². The van der Waals surface area contributed by atoms with Crippen molar-refractivity contribution in [3.05, 3.63) is 58.9 Å². The van der Waals surface area contributed by atoms with E-state index in [4.69, 9.17) is 11.1 Å². The molecule has 0 radical (unpaired) electrons. The largest absolute Gasteiger partial charge is 0.384 e. The number of H-pyrrole nitrogens is 1. The fourth-order valence-electron chi connectivity index (χ4n) is 2.60. The third-order valence-corrected chi connectivity index (χ3v) is 4.85. The number of nitrogens with two attached hydrogens (primary N) is 1. The molecule has 0 saturated carbocycles. The Bertz CT molecular complexity index is 981. The molecule has 2 heterocycles. The van der Waals surface area contributed by atoms with Crippen molar-refractivity contribution in [2.75, 3.05) is 0 Å². The van der Waals surface area contributed by atoms with Crippen molar-refractivity contribution in [2.45, 2.75) is 12.8 Å². The molecule has 0 amide bonds. The summed E-state index contributed by atoms with van der Waals surface area (Å²) in [6, 6.07) is 13.8. The lowest BCUT2D eigenvalue weighted by Gasteiger charge is -1.96. The molecule has 5 nitrogen and oxygen atoms in total. The Labute approximate surface area is 136 Å². The average molecular weight is 321 g/mol. The number of aromatic nitrogens is 3. The number of imidazole rings is 1. The van der Waals surface area contributed by atoms with Gasteiger partial charge in [0.05, 0.1) is 26.3 Å². The highest BCUT2D eigenvalue weighted by Crippen LogP contribution is 2.23. The fraction of sp³-hybridized carbons (Fsp3) is 0.118. The number of nitrogen functional groups attached to an aromatic ring is 1. The molecule has 114 valence electrons. The number of benzene rings is 2. The minimum atomic E-state index is 0.0672. The number of fused-ring (bicyclic) bond motifs is 2. The normalized spacial score (nSPS) is 11.3. The summed E-state index contributed by atoms with van der Waals surface area (Å²) < 4.78 is 1.22. The number of hydrogen-bond donors (Lipinski definition) is 3. The van der Waals surface area contributed by atoms with Crippen molar-refractivity contribution in [1.82, 2.24) is 15.0 Å². The van der Waals surface area contributed by atoms with E-state index < -0.39 is 0 Å². The topological polar surface area (TPSA) is 91.4 Å². The SMILES string of the molecule is N=C(N)c1ccc2nc(CCc3nc4ccccc4s3)[nH]c2c1. The zero-order chi connectivity index (χ0) is 15.8. The zero-order valence-corrected chi connectivity index (χ0v) is 13.2. The molecular formula is C17H15N5S. The summed E-state index contributed by atoms with van der Waals surface area (Å²) in [4.78, 5) is 12.6. The van der Waals surface area contributed by atoms with Gasteiger partial charge in [-0.1, -0.05) is 12.1 Å². The molecule has 23 heavy (non-hydrogen) atoms. The first-order chi connectivity index (χ1) is 11.2. The van der Waals surface area contributed by atoms with Gasteiger partial charge >= 0.3 is 0 Å². The fourth-order valence-corrected chi connectivity index (χ4v) is 3.57. The predicted octanol–water partition coefficient (Wildman–Crippen LogP) is 3.24. The first kappa shape index (κ1) is 13.9. The van der Waals surface area contributed by atoms with Gasteiger partial charge in [0.25, 0.3) is 0 Å². The van der Waals surface area contributed by atoms with E-state index in [0.717, 1.165) is 40.2 Å². The molecule has 0 spiro atoms. The van der Waals surface area contributed by atoms with Crippen LogP contribution < -0.4 is 5.73 Å². The van der Waals surface area contributed by atoms with Crippen LogP contribution in [0.25, 0.3) is 21.3 Å². The predicted molar refractivity (Wildman–Crippen MR) is 94.1 cm³/mol. The highest BCUT2D eigenvalue weighted by Gasteiger charge is 2.08. The summed E-state index contributed by atoms with van der Waals surface area (Å²) in [5, 5.41) is 8.62. The number of aromatic amines is 1. The van der Waals surface area contributed by atoms with E-state index in [1.807, 2.05) is 36.4 Å². The van der Waals surface area contributed by atoms with Crippen molar-refractivity contribution in [3.63, 3.8) is 0 Å². The van der Waals surface area contributed by atoms with E-state index in [9.17, 15) is 0 Å². The van der Waals surface area contributed by atoms with Gasteiger partial charge in [-0.25, -0.2) is 9.97 Å². The molecule has 0 aliphatic rings. The van der Waals surface area contributed by atoms with E-state index in [2.05, 4.69) is 21.0 Å². The van der Waals surface area contributed by atoms with Crippen LogP contribution in [0.4, 0.5) is 0 Å². The second-order valence-electron chi connectivity index (χ2n) is 5.40. The Kier molecular flexibility index (Phi) is 3.31. The highest BCUT2D eigenvalue weighted by atomic mass is 32.1. The van der Waals surface area contributed by atoms with Gasteiger partial charge in [-0.3, -0.25) is 5.41 Å². The molecule has 4 aromatic rings. The lowest BCUT2D eigenvalue weighted by molar-refractivity contribution is 0.884. The molecule has 0 atom stereocenters. The van der Waals surface area contributed by atoms with Crippen LogP contribution in [0.15, 0.2) is 42.5 Å². The minimum Gasteiger partial charge on any atom is -0.384 e. The van der Waals surface area contributed by atoms with Gasteiger partial charge < -0.3 is 10.7 Å². The molecule has 0 aliphatic heterocycles. The summed E-state index contributed by atoms with van der Waals surface area (Å²) in [7, 11) is 0. The van der Waals surface area contributed by atoms with Gasteiger partial charge in [0.1, 0.15) is 11.7 Å². The van der Waals surface area contributed by atoms with Crippen LogP contribution >= 0.6 is 11.3 Å². The van der Waals surface area contributed by atoms with E-state index in [1.54, 1.807) is 11.3 Å². The van der Waals surface area contributed by atoms with E-state index in [0.29, 0.717) is 5.56 Å². The Morgan fingerprint density at radius 2 is 1.96 bits per heavy atom. The van der Waals surface area contributed by atoms with Crippen LogP contribution in [-0.4, -0.2) is 20.8 Å². The number of hydrogen-bond acceptors (Lipinski definition) is 4. The number of nitrogens with one attached hydrogen (secondary N) is 2. The molecule has 2 aromatic heterocycles. The van der Waals surface area contributed by atoms with Gasteiger partial charge in [0.2, 0.25) is 0 Å². The van der Waals surface area contributed by atoms with Crippen molar-refractivity contribution in [3.8, 4) is 0 Å². The van der Waals surface area contributed by atoms with E-state index in [1.165, 1.54) is 4.70 Å². The first-order valence-corrected chi connectivity index (χ1v) is 8.18. The molecule has 6 heteroatoms. The number of thiazole rings is 1. The quantitative estimate of drug-likeness (QED) is 0.398. The summed E-state index contributed by atoms with van der Waals surface area (Å²) >= 11 is 1.73. The Balaban J connectivity index is 1.56. The maximum absolute atomic E-state index is 7.50. The smallest absolute Gasteiger partial charge is 0.122 e. The zero-order valence-electron chi connectivity index (χ0n) is 12.3. The number of nitrogens with zero attached hydrogens (tertiary/aromatic N) is 2. The third kappa shape index (κ3) is 2.68. The third-order valence-electron chi connectivity index (χ3n) is 3.76. The first-order valence-electron chi connectivity index (χ1n) is 7.36. The molecule has 0 fully saturated rings. The molecule has 0 unspecified atom stereocenters. The van der Waals surface area contributed by atoms with Crippen molar-refractivity contribution < 1.29 is 0 Å². The maximum Gasteiger partial charge on any atom is 0.122 e. The molecule has 0 bridgehead atoms. The maximum atomic E-state index is 7.50. The number of rotatable bonds is 4. The van der Waals surface area contributed by atoms with Crippen molar-refractivity contribution >= 4 is 38.4 Å². The number of aryl methyl sites for hydroxylation is 2. The summed E-state index contributed by atoms with van der Waals surface area (Å²) in [6.07, 6.45) is 1.67. The van der Waals surface area contributed by atoms with Gasteiger partial charge in [0, 0.05) is 18.4 Å². The summed E-state index contributed by atoms with van der Waals surface area (Å²) in [6.45, 7) is 0. The van der Waals surface area contributed by atoms with Crippen LogP contribution in [0.1, 0.15) is 16.4 Å². The molecule has 4 rings (SSSR count). The highest BCUT2D eigenvalue weighted by molar-refractivity contribution is 7.18. The second-order valence-corrected chi connectivity index (χ2v) is 6.52. The monoisotopic (exact) mass is 321 g/mol. The van der Waals surface area contributed by atoms with E-state index >= 15 is 0 Å². The Hall–Kier alpha value is -2.73. The number of amidine groups is 1. The second kappa shape index (κ2) is 5.48. The lowest BCUT2D eigenvalue weighted by Crippen LogP contribution is -2.10. The van der Waals surface area contributed by atoms with E-state index in [-0.39, 0.29) is 5.84 Å². The van der Waals surface area contributed by atoms with Crippen LogP contribution in [-0.2, 0) is 12.8 Å². The van der Waals surface area contributed by atoms with Crippen LogP contribution in [0.2, 0.25) is 0 Å². The average Bonchev–Trinajstić information content (AvgIpc) is 3.14. The minimum absolute atomic E-state index is 0.0672. The van der Waals surface area contributed by atoms with Crippen LogP contribution in [0.5, 0.6) is 0 Å². The molecule has 0 aliphatic carbocycles. The number of para-hydroxylation sites is 1. The Morgan fingerprint density at radius 1 is 1.09 bits per heavy atom.